The molecule has 0 fully saturated rings. The molecule has 0 aliphatic carbocycles. The molecule has 0 aromatic carbocycles. The van der Waals surface area contributed by atoms with Crippen LogP contribution < -0.4 is 5.32 Å². The maximum Gasteiger partial charge on any atom is 0.157 e. The average molecular weight is 283 g/mol. The van der Waals surface area contributed by atoms with Crippen LogP contribution in [-0.2, 0) is 9.59 Å². The fraction of sp³-hybridized carbons (Fsp3) is 0.647. The zero-order chi connectivity index (χ0) is 16.4. The molecule has 0 rings (SSSR count). The summed E-state index contributed by atoms with van der Waals surface area (Å²) in [6, 6.07) is 0. The lowest BCUT2D eigenvalue weighted by atomic mass is 10.1. The standard InChI is InChI=1S/C9H17NO.C6H10O.C2H6/c1-4-10-7-5-6-9(11)8(2)3;1-3-5-6(7)4-2;1-2/h5-6,8,10H,4,7H2,1-3H3;3,5H,4H2,1-2H3;1-2H3/b6-5+;5-3+;. The van der Waals surface area contributed by atoms with Gasteiger partial charge in [0.15, 0.2) is 11.6 Å². The summed E-state index contributed by atoms with van der Waals surface area (Å²) < 4.78 is 0. The Morgan fingerprint density at radius 2 is 1.65 bits per heavy atom. The van der Waals surface area contributed by atoms with Crippen molar-refractivity contribution in [3.8, 4) is 0 Å². The molecule has 3 heteroatoms. The number of hydrogen-bond donors (Lipinski definition) is 1. The van der Waals surface area contributed by atoms with Crippen LogP contribution in [0.4, 0.5) is 0 Å². The van der Waals surface area contributed by atoms with Crippen molar-refractivity contribution in [3.05, 3.63) is 24.3 Å². The molecule has 0 bridgehead atoms. The second kappa shape index (κ2) is 20.1. The van der Waals surface area contributed by atoms with Crippen molar-refractivity contribution in [2.24, 2.45) is 5.92 Å². The zero-order valence-corrected chi connectivity index (χ0v) is 14.3. The number of likely N-dealkylation sites (N-methyl/N-ethyl adjacent to an activating group) is 1. The van der Waals surface area contributed by atoms with Gasteiger partial charge in [0.1, 0.15) is 0 Å². The third-order valence-electron chi connectivity index (χ3n) is 2.06. The first-order valence-electron chi connectivity index (χ1n) is 7.56. The largest absolute Gasteiger partial charge is 0.314 e. The van der Waals surface area contributed by atoms with Gasteiger partial charge in [-0.2, -0.15) is 0 Å². The maximum absolute atomic E-state index is 11.0. The summed E-state index contributed by atoms with van der Waals surface area (Å²) in [5.74, 6) is 0.512. The Labute approximate surface area is 125 Å². The van der Waals surface area contributed by atoms with Crippen molar-refractivity contribution in [1.82, 2.24) is 5.32 Å². The van der Waals surface area contributed by atoms with Crippen LogP contribution in [0.1, 0.15) is 54.9 Å². The lowest BCUT2D eigenvalue weighted by molar-refractivity contribution is -0.117. The van der Waals surface area contributed by atoms with E-state index in [-0.39, 0.29) is 17.5 Å². The minimum Gasteiger partial charge on any atom is -0.314 e. The first-order valence-corrected chi connectivity index (χ1v) is 7.56. The van der Waals surface area contributed by atoms with Gasteiger partial charge in [-0.1, -0.05) is 53.7 Å². The van der Waals surface area contributed by atoms with Gasteiger partial charge in [0, 0.05) is 18.9 Å². The van der Waals surface area contributed by atoms with E-state index in [0.29, 0.717) is 6.42 Å². The Hall–Kier alpha value is -1.22. The number of carbonyl (C=O) groups is 2. The molecule has 0 aliphatic rings. The Morgan fingerprint density at radius 3 is 1.95 bits per heavy atom. The molecule has 0 heterocycles. The van der Waals surface area contributed by atoms with E-state index in [0.717, 1.165) is 13.1 Å². The third kappa shape index (κ3) is 22.0. The van der Waals surface area contributed by atoms with Gasteiger partial charge in [-0.15, -0.1) is 0 Å². The fourth-order valence-electron chi connectivity index (χ4n) is 0.899. The van der Waals surface area contributed by atoms with E-state index >= 15 is 0 Å². The van der Waals surface area contributed by atoms with Gasteiger partial charge in [0.05, 0.1) is 0 Å². The number of rotatable bonds is 7. The van der Waals surface area contributed by atoms with Crippen LogP contribution in [-0.4, -0.2) is 24.7 Å². The van der Waals surface area contributed by atoms with E-state index in [9.17, 15) is 9.59 Å². The second-order valence-corrected chi connectivity index (χ2v) is 4.09. The third-order valence-corrected chi connectivity index (χ3v) is 2.06. The normalized spacial score (nSPS) is 10.0. The Kier molecular flexibility index (Phi) is 24.0. The van der Waals surface area contributed by atoms with Crippen LogP contribution in [0.2, 0.25) is 0 Å². The molecule has 118 valence electrons. The first kappa shape index (κ1) is 23.8. The van der Waals surface area contributed by atoms with E-state index in [1.807, 2.05) is 54.5 Å². The molecule has 0 unspecified atom stereocenters. The molecule has 0 saturated carbocycles. The van der Waals surface area contributed by atoms with E-state index < -0.39 is 0 Å². The van der Waals surface area contributed by atoms with Crippen LogP contribution >= 0.6 is 0 Å². The topological polar surface area (TPSA) is 46.2 Å². The van der Waals surface area contributed by atoms with Crippen LogP contribution in [0.5, 0.6) is 0 Å². The molecule has 0 aromatic heterocycles. The molecule has 20 heavy (non-hydrogen) atoms. The molecule has 0 aromatic rings. The predicted molar refractivity (Wildman–Crippen MR) is 89.0 cm³/mol. The van der Waals surface area contributed by atoms with Gasteiger partial charge in [0.2, 0.25) is 0 Å². The van der Waals surface area contributed by atoms with Crippen molar-refractivity contribution in [1.29, 1.82) is 0 Å². The summed E-state index contributed by atoms with van der Waals surface area (Å²) in [5, 5.41) is 3.10. The van der Waals surface area contributed by atoms with E-state index in [4.69, 9.17) is 0 Å². The molecule has 1 N–H and O–H groups in total. The number of nitrogens with one attached hydrogen (secondary N) is 1. The molecule has 3 nitrogen and oxygen atoms in total. The summed E-state index contributed by atoms with van der Waals surface area (Å²) in [5.41, 5.74) is 0. The summed E-state index contributed by atoms with van der Waals surface area (Å²) in [4.78, 5) is 21.3. The summed E-state index contributed by atoms with van der Waals surface area (Å²) in [7, 11) is 0. The van der Waals surface area contributed by atoms with Crippen molar-refractivity contribution in [3.63, 3.8) is 0 Å². The molecular formula is C17H33NO2. The lowest BCUT2D eigenvalue weighted by Gasteiger charge is -1.96. The molecule has 0 saturated heterocycles. The highest BCUT2D eigenvalue weighted by molar-refractivity contribution is 5.91. The van der Waals surface area contributed by atoms with Crippen LogP contribution in [0.3, 0.4) is 0 Å². The van der Waals surface area contributed by atoms with E-state index in [1.165, 1.54) is 0 Å². The van der Waals surface area contributed by atoms with Crippen molar-refractivity contribution >= 4 is 11.6 Å². The minimum absolute atomic E-state index is 0.118. The number of carbonyl (C=O) groups excluding carboxylic acids is 2. The van der Waals surface area contributed by atoms with Crippen molar-refractivity contribution < 1.29 is 9.59 Å². The molecular weight excluding hydrogens is 250 g/mol. The van der Waals surface area contributed by atoms with E-state index in [1.54, 1.807) is 18.2 Å². The van der Waals surface area contributed by atoms with Gasteiger partial charge in [0.25, 0.3) is 0 Å². The first-order chi connectivity index (χ1) is 9.49. The number of hydrogen-bond acceptors (Lipinski definition) is 3. The van der Waals surface area contributed by atoms with Gasteiger partial charge < -0.3 is 5.32 Å². The molecule has 0 aliphatic heterocycles. The highest BCUT2D eigenvalue weighted by atomic mass is 16.1. The SMILES string of the molecule is C/C=C/C(=O)CC.CC.CCNC/C=C/C(=O)C(C)C. The predicted octanol–water partition coefficient (Wildman–Crippen LogP) is 3.95. The van der Waals surface area contributed by atoms with Crippen LogP contribution in [0, 0.1) is 5.92 Å². The van der Waals surface area contributed by atoms with Crippen molar-refractivity contribution in [2.75, 3.05) is 13.1 Å². The second-order valence-electron chi connectivity index (χ2n) is 4.09. The molecule has 0 radical (unpaired) electrons. The van der Waals surface area contributed by atoms with Gasteiger partial charge >= 0.3 is 0 Å². The maximum atomic E-state index is 11.0. The average Bonchev–Trinajstić information content (AvgIpc) is 2.46. The Morgan fingerprint density at radius 1 is 1.10 bits per heavy atom. The smallest absolute Gasteiger partial charge is 0.157 e. The summed E-state index contributed by atoms with van der Waals surface area (Å²) >= 11 is 0. The van der Waals surface area contributed by atoms with Crippen LogP contribution in [0.15, 0.2) is 24.3 Å². The van der Waals surface area contributed by atoms with Crippen molar-refractivity contribution in [2.45, 2.75) is 54.9 Å². The Balaban J connectivity index is -0.000000277. The van der Waals surface area contributed by atoms with Gasteiger partial charge in [-0.25, -0.2) is 0 Å². The monoisotopic (exact) mass is 283 g/mol. The highest BCUT2D eigenvalue weighted by Gasteiger charge is 2.00. The summed E-state index contributed by atoms with van der Waals surface area (Å²) in [6.07, 6.45) is 7.47. The van der Waals surface area contributed by atoms with Crippen LogP contribution in [0.25, 0.3) is 0 Å². The molecule has 0 spiro atoms. The minimum atomic E-state index is 0.118. The Bertz CT molecular complexity index is 279. The summed E-state index contributed by atoms with van der Waals surface area (Å²) in [6.45, 7) is 15.3. The number of allylic oxidation sites excluding steroid dienone is 3. The fourth-order valence-corrected chi connectivity index (χ4v) is 0.899. The zero-order valence-electron chi connectivity index (χ0n) is 14.3. The van der Waals surface area contributed by atoms with E-state index in [2.05, 4.69) is 5.32 Å². The van der Waals surface area contributed by atoms with Gasteiger partial charge in [-0.3, -0.25) is 9.59 Å². The number of ketones is 2. The van der Waals surface area contributed by atoms with Gasteiger partial charge in [-0.05, 0) is 25.6 Å². The highest BCUT2D eigenvalue weighted by Crippen LogP contribution is 1.94. The quantitative estimate of drug-likeness (QED) is 0.568. The molecule has 0 amide bonds. The lowest BCUT2D eigenvalue weighted by Crippen LogP contribution is -2.12. The molecule has 0 atom stereocenters.